The highest BCUT2D eigenvalue weighted by molar-refractivity contribution is 6.03. The Hall–Kier alpha value is -3.39. The summed E-state index contributed by atoms with van der Waals surface area (Å²) in [5, 5.41) is 4.67. The Bertz CT molecular complexity index is 1270. The number of fused-ring (bicyclic) bond motifs is 1. The number of alkyl halides is 6. The van der Waals surface area contributed by atoms with Crippen molar-refractivity contribution in [1.82, 2.24) is 14.6 Å². The Morgan fingerprint density at radius 2 is 1.38 bits per heavy atom. The molecule has 0 atom stereocenters. The number of anilines is 1. The van der Waals surface area contributed by atoms with Crippen molar-refractivity contribution in [3.05, 3.63) is 58.0 Å². The van der Waals surface area contributed by atoms with Gasteiger partial charge in [0.25, 0.3) is 5.91 Å². The van der Waals surface area contributed by atoms with Crippen molar-refractivity contribution in [2.75, 3.05) is 5.32 Å². The first-order chi connectivity index (χ1) is 15.3. The zero-order valence-corrected chi connectivity index (χ0v) is 17.2. The molecule has 0 aliphatic heterocycles. The highest BCUT2D eigenvalue weighted by Gasteiger charge is 2.43. The van der Waals surface area contributed by atoms with Crippen molar-refractivity contribution >= 4 is 17.2 Å². The molecular formula is C19H12F10N4O. The second-order valence-corrected chi connectivity index (χ2v) is 8.03. The minimum absolute atomic E-state index is 0.0526. The molecule has 184 valence electrons. The van der Waals surface area contributed by atoms with Crippen LogP contribution < -0.4 is 5.32 Å². The number of nitrogens with zero attached hydrogens (tertiary/aromatic N) is 3. The van der Waals surface area contributed by atoms with Crippen molar-refractivity contribution in [2.45, 2.75) is 38.5 Å². The Labute approximate surface area is 183 Å². The van der Waals surface area contributed by atoms with Gasteiger partial charge in [-0.1, -0.05) is 20.8 Å². The van der Waals surface area contributed by atoms with E-state index in [4.69, 9.17) is 0 Å². The van der Waals surface area contributed by atoms with Crippen LogP contribution in [0.5, 0.6) is 0 Å². The molecule has 0 unspecified atom stereocenters. The standard InChI is InChI=1S/C19H12F10N4O/c1-17(2,3)7-5-8(18(24,25)26)33-9(30-7)4-6(32-33)16(34)31-15-13(22)11(20)10(19(27,28)29)12(21)14(15)23/h4-5H,1-3H3,(H,31,34). The molecule has 2 heterocycles. The van der Waals surface area contributed by atoms with Gasteiger partial charge in [0.1, 0.15) is 16.9 Å². The summed E-state index contributed by atoms with van der Waals surface area (Å²) in [4.78, 5) is 16.3. The number of hydrogen-bond donors (Lipinski definition) is 1. The molecule has 0 fully saturated rings. The van der Waals surface area contributed by atoms with Crippen LogP contribution >= 0.6 is 0 Å². The molecule has 0 saturated heterocycles. The van der Waals surface area contributed by atoms with Crippen LogP contribution in [0.15, 0.2) is 12.1 Å². The monoisotopic (exact) mass is 502 g/mol. The summed E-state index contributed by atoms with van der Waals surface area (Å²) in [5.41, 5.74) is -8.50. The van der Waals surface area contributed by atoms with E-state index in [0.29, 0.717) is 12.1 Å². The molecule has 0 aliphatic carbocycles. The maximum atomic E-state index is 14.0. The van der Waals surface area contributed by atoms with Gasteiger partial charge in [0, 0.05) is 11.5 Å². The van der Waals surface area contributed by atoms with E-state index in [0.717, 1.165) is 0 Å². The molecule has 1 amide bonds. The lowest BCUT2D eigenvalue weighted by molar-refractivity contribution is -0.143. The SMILES string of the molecule is CC(C)(C)c1cc(C(F)(F)F)n2nc(C(=O)Nc3c(F)c(F)c(C(F)(F)F)c(F)c3F)cc2n1. The van der Waals surface area contributed by atoms with Crippen molar-refractivity contribution in [2.24, 2.45) is 0 Å². The number of hydrogen-bond acceptors (Lipinski definition) is 3. The van der Waals surface area contributed by atoms with Crippen LogP contribution in [0.3, 0.4) is 0 Å². The Morgan fingerprint density at radius 3 is 1.82 bits per heavy atom. The topological polar surface area (TPSA) is 59.3 Å². The third kappa shape index (κ3) is 4.37. The molecular weight excluding hydrogens is 490 g/mol. The number of rotatable bonds is 2. The number of carbonyl (C=O) groups is 1. The van der Waals surface area contributed by atoms with Crippen LogP contribution in [0.25, 0.3) is 5.65 Å². The summed E-state index contributed by atoms with van der Waals surface area (Å²) in [6.45, 7) is 4.65. The highest BCUT2D eigenvalue weighted by atomic mass is 19.4. The van der Waals surface area contributed by atoms with Crippen LogP contribution in [0.4, 0.5) is 49.6 Å². The van der Waals surface area contributed by atoms with E-state index in [9.17, 15) is 48.7 Å². The molecule has 0 radical (unpaired) electrons. The quantitative estimate of drug-likeness (QED) is 0.352. The molecule has 3 aromatic rings. The first kappa shape index (κ1) is 25.2. The fourth-order valence-corrected chi connectivity index (χ4v) is 2.84. The molecule has 0 saturated carbocycles. The van der Waals surface area contributed by atoms with Gasteiger partial charge in [-0.3, -0.25) is 4.79 Å². The fraction of sp³-hybridized carbons (Fsp3) is 0.316. The lowest BCUT2D eigenvalue weighted by Gasteiger charge is -2.19. The van der Waals surface area contributed by atoms with Crippen LogP contribution in [0.2, 0.25) is 0 Å². The highest BCUT2D eigenvalue weighted by Crippen LogP contribution is 2.38. The summed E-state index contributed by atoms with van der Waals surface area (Å²) in [5.74, 6) is -12.5. The van der Waals surface area contributed by atoms with Gasteiger partial charge in [0.2, 0.25) is 0 Å². The van der Waals surface area contributed by atoms with Gasteiger partial charge in [-0.05, 0) is 6.07 Å². The van der Waals surface area contributed by atoms with E-state index in [1.807, 2.05) is 0 Å². The van der Waals surface area contributed by atoms with Gasteiger partial charge < -0.3 is 5.32 Å². The molecule has 0 aliphatic rings. The summed E-state index contributed by atoms with van der Waals surface area (Å²) in [6, 6.07) is 1.36. The molecule has 2 aromatic heterocycles. The van der Waals surface area contributed by atoms with E-state index in [1.54, 1.807) is 20.8 Å². The maximum absolute atomic E-state index is 14.0. The molecule has 1 N–H and O–H groups in total. The summed E-state index contributed by atoms with van der Waals surface area (Å²) < 4.78 is 134. The number of nitrogens with one attached hydrogen (secondary N) is 1. The van der Waals surface area contributed by atoms with Gasteiger partial charge in [-0.25, -0.2) is 27.1 Å². The molecule has 0 bridgehead atoms. The number of aromatic nitrogens is 3. The summed E-state index contributed by atoms with van der Waals surface area (Å²) in [6.07, 6.45) is -10.8. The Balaban J connectivity index is 2.12. The zero-order valence-electron chi connectivity index (χ0n) is 17.2. The van der Waals surface area contributed by atoms with Crippen LogP contribution in [-0.2, 0) is 17.8 Å². The average molecular weight is 502 g/mol. The Kier molecular flexibility index (Phi) is 5.82. The largest absolute Gasteiger partial charge is 0.433 e. The second-order valence-electron chi connectivity index (χ2n) is 8.03. The van der Waals surface area contributed by atoms with Crippen molar-refractivity contribution in [1.29, 1.82) is 0 Å². The van der Waals surface area contributed by atoms with Crippen molar-refractivity contribution in [3.63, 3.8) is 0 Å². The normalized spacial score (nSPS) is 13.0. The van der Waals surface area contributed by atoms with Gasteiger partial charge >= 0.3 is 12.4 Å². The fourth-order valence-electron chi connectivity index (χ4n) is 2.84. The minimum Gasteiger partial charge on any atom is -0.315 e. The van der Waals surface area contributed by atoms with E-state index >= 15 is 0 Å². The smallest absolute Gasteiger partial charge is 0.315 e. The molecule has 5 nitrogen and oxygen atoms in total. The predicted molar refractivity (Wildman–Crippen MR) is 95.9 cm³/mol. The van der Waals surface area contributed by atoms with Crippen molar-refractivity contribution in [3.8, 4) is 0 Å². The number of benzene rings is 1. The van der Waals surface area contributed by atoms with E-state index < -0.39 is 75.2 Å². The summed E-state index contributed by atoms with van der Waals surface area (Å²) >= 11 is 0. The molecule has 34 heavy (non-hydrogen) atoms. The lowest BCUT2D eigenvalue weighted by atomic mass is 9.91. The first-order valence-electron chi connectivity index (χ1n) is 9.07. The third-order valence-electron chi connectivity index (χ3n) is 4.50. The molecule has 1 aromatic carbocycles. The zero-order chi connectivity index (χ0) is 26.0. The van der Waals surface area contributed by atoms with E-state index in [2.05, 4.69) is 10.1 Å². The second kappa shape index (κ2) is 7.84. The minimum atomic E-state index is -5.80. The average Bonchev–Trinajstić information content (AvgIpc) is 3.10. The van der Waals surface area contributed by atoms with Crippen LogP contribution in [-0.4, -0.2) is 20.5 Å². The van der Waals surface area contributed by atoms with Gasteiger partial charge in [-0.2, -0.15) is 31.4 Å². The van der Waals surface area contributed by atoms with E-state index in [-0.39, 0.29) is 10.2 Å². The lowest BCUT2D eigenvalue weighted by Crippen LogP contribution is -2.21. The number of amides is 1. The number of halogens is 10. The van der Waals surface area contributed by atoms with Crippen molar-refractivity contribution < 1.29 is 48.7 Å². The van der Waals surface area contributed by atoms with Crippen LogP contribution in [0.1, 0.15) is 48.2 Å². The Morgan fingerprint density at radius 1 is 0.853 bits per heavy atom. The molecule has 0 spiro atoms. The van der Waals surface area contributed by atoms with E-state index in [1.165, 1.54) is 5.32 Å². The number of carbonyl (C=O) groups excluding carboxylic acids is 1. The maximum Gasteiger partial charge on any atom is 0.433 e. The molecule has 15 heteroatoms. The first-order valence-corrected chi connectivity index (χ1v) is 9.07. The van der Waals surface area contributed by atoms with Gasteiger partial charge in [0.15, 0.2) is 34.6 Å². The molecule has 3 rings (SSSR count). The van der Waals surface area contributed by atoms with Gasteiger partial charge in [0.05, 0.1) is 5.69 Å². The van der Waals surface area contributed by atoms with Crippen LogP contribution in [0, 0.1) is 23.3 Å². The third-order valence-corrected chi connectivity index (χ3v) is 4.50. The summed E-state index contributed by atoms with van der Waals surface area (Å²) in [7, 11) is 0. The van der Waals surface area contributed by atoms with Gasteiger partial charge in [-0.15, -0.1) is 0 Å². The predicted octanol–water partition coefficient (Wildman–Crippen LogP) is 5.87.